The molecule has 3 aliphatic rings. The van der Waals surface area contributed by atoms with Crippen LogP contribution in [0.5, 0.6) is 0 Å². The van der Waals surface area contributed by atoms with E-state index in [2.05, 4.69) is 6.08 Å². The molecule has 0 aromatic rings. The van der Waals surface area contributed by atoms with Crippen molar-refractivity contribution in [1.82, 2.24) is 4.90 Å². The van der Waals surface area contributed by atoms with Crippen LogP contribution >= 0.6 is 0 Å². The van der Waals surface area contributed by atoms with Crippen LogP contribution in [0.4, 0.5) is 4.79 Å². The Kier molecular flexibility index (Phi) is 3.62. The zero-order chi connectivity index (χ0) is 16.1. The fourth-order valence-electron chi connectivity index (χ4n) is 4.13. The molecule has 0 aromatic heterocycles. The maximum absolute atomic E-state index is 12.5. The van der Waals surface area contributed by atoms with Crippen molar-refractivity contribution < 1.29 is 19.1 Å². The number of carbonyl (C=O) groups is 3. The van der Waals surface area contributed by atoms with Gasteiger partial charge >= 0.3 is 6.09 Å². The number of allylic oxidation sites excluding steroid dienone is 1. The van der Waals surface area contributed by atoms with Crippen LogP contribution in [0.15, 0.2) is 11.6 Å². The number of rotatable bonds is 1. The minimum absolute atomic E-state index is 0.0770. The van der Waals surface area contributed by atoms with Gasteiger partial charge in [0.25, 0.3) is 0 Å². The summed E-state index contributed by atoms with van der Waals surface area (Å²) in [5.41, 5.74) is 0.505. The van der Waals surface area contributed by atoms with E-state index in [1.54, 1.807) is 20.8 Å². The number of imide groups is 1. The van der Waals surface area contributed by atoms with Crippen molar-refractivity contribution in [3.63, 3.8) is 0 Å². The van der Waals surface area contributed by atoms with E-state index in [0.717, 1.165) is 25.7 Å². The fourth-order valence-corrected chi connectivity index (χ4v) is 4.13. The van der Waals surface area contributed by atoms with Gasteiger partial charge in [-0.05, 0) is 57.9 Å². The van der Waals surface area contributed by atoms with Crippen LogP contribution in [-0.4, -0.2) is 34.8 Å². The first kappa shape index (κ1) is 15.3. The van der Waals surface area contributed by atoms with Gasteiger partial charge in [-0.2, -0.15) is 0 Å². The summed E-state index contributed by atoms with van der Waals surface area (Å²) < 4.78 is 5.40. The average Bonchev–Trinajstić information content (AvgIpc) is 2.89. The summed E-state index contributed by atoms with van der Waals surface area (Å²) in [5, 5.41) is 0. The highest BCUT2D eigenvalue weighted by Gasteiger charge is 2.58. The van der Waals surface area contributed by atoms with Gasteiger partial charge in [0.15, 0.2) is 0 Å². The van der Waals surface area contributed by atoms with E-state index >= 15 is 0 Å². The number of likely N-dealkylation sites (tertiary alicyclic amines) is 1. The Bertz CT molecular complexity index is 545. The van der Waals surface area contributed by atoms with E-state index in [4.69, 9.17) is 4.74 Å². The zero-order valence-corrected chi connectivity index (χ0v) is 13.4. The Balaban J connectivity index is 1.94. The number of aldehydes is 1. The summed E-state index contributed by atoms with van der Waals surface area (Å²) in [6.45, 7) is 5.33. The second kappa shape index (κ2) is 5.21. The topological polar surface area (TPSA) is 63.7 Å². The number of amides is 2. The minimum atomic E-state index is -0.705. The van der Waals surface area contributed by atoms with Crippen LogP contribution < -0.4 is 0 Å². The number of ether oxygens (including phenoxy) is 1. The van der Waals surface area contributed by atoms with Crippen molar-refractivity contribution in [3.8, 4) is 0 Å². The molecular formula is C17H23NO4. The Morgan fingerprint density at radius 3 is 2.77 bits per heavy atom. The minimum Gasteiger partial charge on any atom is -0.443 e. The Labute approximate surface area is 130 Å². The third-order valence-corrected chi connectivity index (χ3v) is 4.91. The first-order valence-electron chi connectivity index (χ1n) is 8.05. The second-order valence-electron chi connectivity index (χ2n) is 7.53. The summed E-state index contributed by atoms with van der Waals surface area (Å²) >= 11 is 0. The van der Waals surface area contributed by atoms with E-state index in [9.17, 15) is 14.4 Å². The van der Waals surface area contributed by atoms with Crippen molar-refractivity contribution in [3.05, 3.63) is 11.6 Å². The smallest absolute Gasteiger partial charge is 0.417 e. The van der Waals surface area contributed by atoms with Crippen molar-refractivity contribution in [2.75, 3.05) is 0 Å². The molecule has 1 saturated carbocycles. The van der Waals surface area contributed by atoms with Crippen molar-refractivity contribution in [1.29, 1.82) is 0 Å². The van der Waals surface area contributed by atoms with Gasteiger partial charge in [-0.15, -0.1) is 0 Å². The van der Waals surface area contributed by atoms with Crippen LogP contribution in [0.3, 0.4) is 0 Å². The molecule has 22 heavy (non-hydrogen) atoms. The highest BCUT2D eigenvalue weighted by Crippen LogP contribution is 2.51. The van der Waals surface area contributed by atoms with Crippen molar-refractivity contribution in [2.45, 2.75) is 58.1 Å². The number of hydrogen-bond donors (Lipinski definition) is 0. The molecule has 1 saturated heterocycles. The molecule has 5 heteroatoms. The monoisotopic (exact) mass is 305 g/mol. The molecule has 2 fully saturated rings. The molecule has 2 amide bonds. The lowest BCUT2D eigenvalue weighted by molar-refractivity contribution is -0.133. The molecule has 0 radical (unpaired) electrons. The molecule has 1 aliphatic heterocycles. The second-order valence-corrected chi connectivity index (χ2v) is 7.53. The van der Waals surface area contributed by atoms with Crippen LogP contribution in [-0.2, 0) is 14.3 Å². The van der Waals surface area contributed by atoms with Gasteiger partial charge in [0.05, 0.1) is 12.0 Å². The molecule has 0 N–H and O–H groups in total. The maximum Gasteiger partial charge on any atom is 0.417 e. The zero-order valence-electron chi connectivity index (χ0n) is 13.4. The number of nitrogens with zero attached hydrogens (tertiary/aromatic N) is 1. The number of carbonyl (C=O) groups excluding carboxylic acids is 3. The number of hydrogen-bond acceptors (Lipinski definition) is 4. The summed E-state index contributed by atoms with van der Waals surface area (Å²) in [4.78, 5) is 37.6. The SMILES string of the molecule is CC(C)(C)OC(=O)N1C(=O)C(C=O)[C@H]2C[C@@H]3CCCC=C3[C@H]21. The summed E-state index contributed by atoms with van der Waals surface area (Å²) in [6, 6.07) is -0.275. The standard InChI is InChI=1S/C17H23NO4/c1-17(2,3)22-16(21)18-14-11-7-5-4-6-10(11)8-12(14)13(9-19)15(18)20/h7,9-10,12-14H,4-6,8H2,1-3H3/t10-,12+,13?,14+/m0/s1. The van der Waals surface area contributed by atoms with Crippen molar-refractivity contribution >= 4 is 18.3 Å². The average molecular weight is 305 g/mol. The first-order chi connectivity index (χ1) is 10.3. The molecule has 1 heterocycles. The molecule has 0 spiro atoms. The van der Waals surface area contributed by atoms with E-state index in [1.165, 1.54) is 10.5 Å². The highest BCUT2D eigenvalue weighted by atomic mass is 16.6. The molecule has 3 rings (SSSR count). The first-order valence-corrected chi connectivity index (χ1v) is 8.05. The Morgan fingerprint density at radius 2 is 2.14 bits per heavy atom. The van der Waals surface area contributed by atoms with E-state index < -0.39 is 23.5 Å². The predicted molar refractivity (Wildman–Crippen MR) is 80.0 cm³/mol. The quantitative estimate of drug-likeness (QED) is 0.424. The van der Waals surface area contributed by atoms with Gasteiger partial charge in [0.1, 0.15) is 11.9 Å². The normalized spacial score (nSPS) is 34.0. The predicted octanol–water partition coefficient (Wildman–Crippen LogP) is 2.69. The Hall–Kier alpha value is -1.65. The maximum atomic E-state index is 12.5. The van der Waals surface area contributed by atoms with Crippen LogP contribution in [0.25, 0.3) is 0 Å². The highest BCUT2D eigenvalue weighted by molar-refractivity contribution is 6.03. The summed E-state index contributed by atoms with van der Waals surface area (Å²) in [7, 11) is 0. The van der Waals surface area contributed by atoms with E-state index in [0.29, 0.717) is 12.2 Å². The third kappa shape index (κ3) is 2.36. The number of fused-ring (bicyclic) bond motifs is 3. The van der Waals surface area contributed by atoms with Gasteiger partial charge in [-0.1, -0.05) is 6.08 Å². The van der Waals surface area contributed by atoms with E-state index in [-0.39, 0.29) is 12.0 Å². The molecule has 0 aromatic carbocycles. The molecule has 4 atom stereocenters. The lowest BCUT2D eigenvalue weighted by Crippen LogP contribution is -2.44. The van der Waals surface area contributed by atoms with Gasteiger partial charge in [-0.25, -0.2) is 9.69 Å². The van der Waals surface area contributed by atoms with Gasteiger partial charge in [0.2, 0.25) is 5.91 Å². The van der Waals surface area contributed by atoms with Crippen LogP contribution in [0.2, 0.25) is 0 Å². The summed E-state index contributed by atoms with van der Waals surface area (Å²) in [5.74, 6) is -0.774. The molecule has 5 nitrogen and oxygen atoms in total. The van der Waals surface area contributed by atoms with Gasteiger partial charge < -0.3 is 9.53 Å². The third-order valence-electron chi connectivity index (χ3n) is 4.91. The lowest BCUT2D eigenvalue weighted by Gasteiger charge is -2.29. The lowest BCUT2D eigenvalue weighted by atomic mass is 9.88. The fraction of sp³-hybridized carbons (Fsp3) is 0.706. The summed E-state index contributed by atoms with van der Waals surface area (Å²) in [6.07, 6.45) is 6.28. The van der Waals surface area contributed by atoms with Crippen LogP contribution in [0.1, 0.15) is 46.5 Å². The molecule has 2 aliphatic carbocycles. The molecule has 1 unspecified atom stereocenters. The van der Waals surface area contributed by atoms with E-state index in [1.807, 2.05) is 0 Å². The molecule has 0 bridgehead atoms. The molecular weight excluding hydrogens is 282 g/mol. The largest absolute Gasteiger partial charge is 0.443 e. The van der Waals surface area contributed by atoms with Gasteiger partial charge in [0, 0.05) is 5.92 Å². The van der Waals surface area contributed by atoms with Gasteiger partial charge in [-0.3, -0.25) is 4.79 Å². The van der Waals surface area contributed by atoms with Crippen LogP contribution in [0, 0.1) is 17.8 Å². The molecule has 120 valence electrons. The van der Waals surface area contributed by atoms with Crippen molar-refractivity contribution in [2.24, 2.45) is 17.8 Å². The Morgan fingerprint density at radius 1 is 1.41 bits per heavy atom.